The van der Waals surface area contributed by atoms with E-state index in [1.165, 1.54) is 6.07 Å². The minimum Gasteiger partial charge on any atom is -0.327 e. The molecule has 1 aromatic rings. The fraction of sp³-hybridized carbons (Fsp3) is 0.500. The van der Waals surface area contributed by atoms with Crippen LogP contribution in [0, 0.1) is 0 Å². The Balaban J connectivity index is 2.40. The molecular formula is C12H14F3N. The fourth-order valence-electron chi connectivity index (χ4n) is 2.45. The molecule has 1 aliphatic carbocycles. The van der Waals surface area contributed by atoms with Gasteiger partial charge in [0.2, 0.25) is 0 Å². The van der Waals surface area contributed by atoms with Gasteiger partial charge in [0.1, 0.15) is 0 Å². The van der Waals surface area contributed by atoms with Crippen molar-refractivity contribution in [3.05, 3.63) is 35.4 Å². The summed E-state index contributed by atoms with van der Waals surface area (Å²) in [5.41, 5.74) is 5.69. The molecule has 88 valence electrons. The van der Waals surface area contributed by atoms with Crippen LogP contribution in [0.3, 0.4) is 0 Å². The molecule has 1 fully saturated rings. The predicted octanol–water partition coefficient (Wildman–Crippen LogP) is 3.30. The Kier molecular flexibility index (Phi) is 2.93. The van der Waals surface area contributed by atoms with Crippen LogP contribution in [0.15, 0.2) is 24.3 Å². The number of halogens is 3. The van der Waals surface area contributed by atoms with Crippen molar-refractivity contribution in [2.75, 3.05) is 0 Å². The molecule has 16 heavy (non-hydrogen) atoms. The second-order valence-corrected chi connectivity index (χ2v) is 4.29. The Bertz CT molecular complexity index is 373. The van der Waals surface area contributed by atoms with E-state index in [-0.39, 0.29) is 12.0 Å². The van der Waals surface area contributed by atoms with Crippen LogP contribution in [0.1, 0.15) is 36.3 Å². The molecule has 1 nitrogen and oxygen atoms in total. The SMILES string of the molecule is N[C@H]1CCC[C@H]1c1ccccc1C(F)(F)F. The first-order chi connectivity index (χ1) is 7.50. The summed E-state index contributed by atoms with van der Waals surface area (Å²) < 4.78 is 38.4. The van der Waals surface area contributed by atoms with Gasteiger partial charge in [-0.3, -0.25) is 0 Å². The molecule has 0 aliphatic heterocycles. The Labute approximate surface area is 92.5 Å². The van der Waals surface area contributed by atoms with Gasteiger partial charge in [-0.05, 0) is 30.4 Å². The van der Waals surface area contributed by atoms with Crippen LogP contribution in [0.25, 0.3) is 0 Å². The van der Waals surface area contributed by atoms with Crippen molar-refractivity contribution in [2.24, 2.45) is 5.73 Å². The molecule has 0 spiro atoms. The Morgan fingerprint density at radius 3 is 2.38 bits per heavy atom. The maximum Gasteiger partial charge on any atom is 0.416 e. The fourth-order valence-corrected chi connectivity index (χ4v) is 2.45. The minimum absolute atomic E-state index is 0.136. The van der Waals surface area contributed by atoms with Crippen LogP contribution >= 0.6 is 0 Å². The van der Waals surface area contributed by atoms with E-state index < -0.39 is 11.7 Å². The van der Waals surface area contributed by atoms with Gasteiger partial charge in [-0.2, -0.15) is 13.2 Å². The van der Waals surface area contributed by atoms with Gasteiger partial charge in [0.15, 0.2) is 0 Å². The Hall–Kier alpha value is -1.03. The van der Waals surface area contributed by atoms with Gasteiger partial charge in [-0.1, -0.05) is 24.6 Å². The number of benzene rings is 1. The summed E-state index contributed by atoms with van der Waals surface area (Å²) in [5, 5.41) is 0. The molecule has 2 atom stereocenters. The van der Waals surface area contributed by atoms with Gasteiger partial charge in [-0.15, -0.1) is 0 Å². The Morgan fingerprint density at radius 1 is 1.12 bits per heavy atom. The number of nitrogens with two attached hydrogens (primary N) is 1. The largest absolute Gasteiger partial charge is 0.416 e. The monoisotopic (exact) mass is 229 g/mol. The van der Waals surface area contributed by atoms with Gasteiger partial charge < -0.3 is 5.73 Å². The summed E-state index contributed by atoms with van der Waals surface area (Å²) in [6.45, 7) is 0. The van der Waals surface area contributed by atoms with E-state index in [4.69, 9.17) is 5.73 Å². The van der Waals surface area contributed by atoms with E-state index in [9.17, 15) is 13.2 Å². The third kappa shape index (κ3) is 2.07. The summed E-state index contributed by atoms with van der Waals surface area (Å²) in [7, 11) is 0. The van der Waals surface area contributed by atoms with Crippen LogP contribution < -0.4 is 5.73 Å². The van der Waals surface area contributed by atoms with Gasteiger partial charge in [0.25, 0.3) is 0 Å². The molecule has 0 amide bonds. The molecule has 1 saturated carbocycles. The Morgan fingerprint density at radius 2 is 1.81 bits per heavy atom. The first-order valence-corrected chi connectivity index (χ1v) is 5.42. The molecule has 0 saturated heterocycles. The second kappa shape index (κ2) is 4.09. The predicted molar refractivity (Wildman–Crippen MR) is 56.0 cm³/mol. The number of rotatable bonds is 1. The van der Waals surface area contributed by atoms with Crippen LogP contribution in [-0.2, 0) is 6.18 Å². The van der Waals surface area contributed by atoms with Crippen molar-refractivity contribution in [2.45, 2.75) is 37.4 Å². The van der Waals surface area contributed by atoms with Gasteiger partial charge in [0.05, 0.1) is 5.56 Å². The zero-order valence-electron chi connectivity index (χ0n) is 8.80. The lowest BCUT2D eigenvalue weighted by Crippen LogP contribution is -2.25. The number of alkyl halides is 3. The third-order valence-electron chi connectivity index (χ3n) is 3.24. The highest BCUT2D eigenvalue weighted by Gasteiger charge is 2.37. The maximum atomic E-state index is 12.8. The molecule has 1 aliphatic rings. The summed E-state index contributed by atoms with van der Waals surface area (Å²) >= 11 is 0. The molecule has 2 N–H and O–H groups in total. The van der Waals surface area contributed by atoms with Crippen molar-refractivity contribution in [1.82, 2.24) is 0 Å². The lowest BCUT2D eigenvalue weighted by Gasteiger charge is -2.20. The van der Waals surface area contributed by atoms with Crippen molar-refractivity contribution >= 4 is 0 Å². The second-order valence-electron chi connectivity index (χ2n) is 4.29. The molecule has 4 heteroatoms. The number of hydrogen-bond acceptors (Lipinski definition) is 1. The molecule has 2 rings (SSSR count). The minimum atomic E-state index is -4.28. The van der Waals surface area contributed by atoms with Crippen molar-refractivity contribution in [1.29, 1.82) is 0 Å². The van der Waals surface area contributed by atoms with E-state index >= 15 is 0 Å². The van der Waals surface area contributed by atoms with Gasteiger partial charge in [-0.25, -0.2) is 0 Å². The first kappa shape index (κ1) is 11.5. The van der Waals surface area contributed by atoms with E-state index in [1.807, 2.05) is 0 Å². The van der Waals surface area contributed by atoms with E-state index in [0.717, 1.165) is 25.3 Å². The summed E-state index contributed by atoms with van der Waals surface area (Å²) in [6, 6.07) is 5.63. The van der Waals surface area contributed by atoms with Gasteiger partial charge >= 0.3 is 6.18 Å². The van der Waals surface area contributed by atoms with E-state index in [2.05, 4.69) is 0 Å². The summed E-state index contributed by atoms with van der Waals surface area (Å²) in [4.78, 5) is 0. The topological polar surface area (TPSA) is 26.0 Å². The van der Waals surface area contributed by atoms with Gasteiger partial charge in [0, 0.05) is 6.04 Å². The average molecular weight is 229 g/mol. The van der Waals surface area contributed by atoms with Crippen molar-refractivity contribution < 1.29 is 13.2 Å². The summed E-state index contributed by atoms with van der Waals surface area (Å²) in [6.07, 6.45) is -1.79. The molecule has 0 aromatic heterocycles. The van der Waals surface area contributed by atoms with Crippen LogP contribution in [0.2, 0.25) is 0 Å². The van der Waals surface area contributed by atoms with Crippen LogP contribution in [0.4, 0.5) is 13.2 Å². The third-order valence-corrected chi connectivity index (χ3v) is 3.24. The highest BCUT2D eigenvalue weighted by atomic mass is 19.4. The first-order valence-electron chi connectivity index (χ1n) is 5.42. The maximum absolute atomic E-state index is 12.8. The quantitative estimate of drug-likeness (QED) is 0.785. The highest BCUT2D eigenvalue weighted by molar-refractivity contribution is 5.34. The number of hydrogen-bond donors (Lipinski definition) is 1. The van der Waals surface area contributed by atoms with E-state index in [1.54, 1.807) is 12.1 Å². The lowest BCUT2D eigenvalue weighted by molar-refractivity contribution is -0.138. The van der Waals surface area contributed by atoms with Crippen molar-refractivity contribution in [3.63, 3.8) is 0 Å². The summed E-state index contributed by atoms with van der Waals surface area (Å²) in [5.74, 6) is -0.141. The molecule has 1 aromatic carbocycles. The highest BCUT2D eigenvalue weighted by Crippen LogP contribution is 2.40. The lowest BCUT2D eigenvalue weighted by atomic mass is 9.90. The van der Waals surface area contributed by atoms with Crippen molar-refractivity contribution in [3.8, 4) is 0 Å². The molecule has 0 heterocycles. The van der Waals surface area contributed by atoms with Crippen LogP contribution in [0.5, 0.6) is 0 Å². The molecule has 0 radical (unpaired) electrons. The molecule has 0 unspecified atom stereocenters. The van der Waals surface area contributed by atoms with Crippen LogP contribution in [-0.4, -0.2) is 6.04 Å². The van der Waals surface area contributed by atoms with E-state index in [0.29, 0.717) is 5.56 Å². The smallest absolute Gasteiger partial charge is 0.327 e. The molecule has 0 bridgehead atoms. The average Bonchev–Trinajstić information content (AvgIpc) is 2.63. The zero-order valence-corrected chi connectivity index (χ0v) is 8.80. The normalized spacial score (nSPS) is 26.0. The standard InChI is InChI=1S/C12H14F3N/c13-12(14,15)10-6-2-1-4-8(10)9-5-3-7-11(9)16/h1-2,4,6,9,11H,3,5,7,16H2/t9-,11-/m0/s1. The molecular weight excluding hydrogens is 215 g/mol. The zero-order chi connectivity index (χ0) is 11.8.